The molecular weight excluding hydrogens is 793 g/mol. The molecule has 62 heavy (non-hydrogen) atoms. The molecule has 0 unspecified atom stereocenters. The zero-order valence-corrected chi connectivity index (χ0v) is 33.3. The quantitative estimate of drug-likeness (QED) is 0.0250. The SMILES string of the molecule is Oc1c(/C=N/OCCO/N=C/c2ccc(/C=N/OCCO/N=C/c3cccc(OCc4cccc5ccccc45)c3O)c(O)c2O)cccc1OCc1cccc2ccccc12. The van der Waals surface area contributed by atoms with Gasteiger partial charge in [-0.15, -0.1) is 0 Å². The Kier molecular flexibility index (Phi) is 14.3. The minimum Gasteiger partial charge on any atom is -0.504 e. The van der Waals surface area contributed by atoms with Crippen LogP contribution >= 0.6 is 0 Å². The summed E-state index contributed by atoms with van der Waals surface area (Å²) < 4.78 is 11.8. The van der Waals surface area contributed by atoms with Crippen LogP contribution in [0.2, 0.25) is 0 Å². The van der Waals surface area contributed by atoms with E-state index in [2.05, 4.69) is 20.6 Å². The van der Waals surface area contributed by atoms with E-state index < -0.39 is 11.5 Å². The van der Waals surface area contributed by atoms with Crippen LogP contribution in [0, 0.1) is 0 Å². The van der Waals surface area contributed by atoms with Crippen molar-refractivity contribution in [2.24, 2.45) is 20.6 Å². The number of rotatable bonds is 20. The Bertz CT molecular complexity index is 2540. The van der Waals surface area contributed by atoms with Crippen molar-refractivity contribution in [3.63, 3.8) is 0 Å². The first-order chi connectivity index (χ1) is 30.5. The van der Waals surface area contributed by atoms with Crippen molar-refractivity contribution in [1.29, 1.82) is 0 Å². The second-order valence-electron chi connectivity index (χ2n) is 13.5. The van der Waals surface area contributed by atoms with Gasteiger partial charge in [0.05, 0.1) is 24.9 Å². The molecule has 4 N–H and O–H groups in total. The summed E-state index contributed by atoms with van der Waals surface area (Å²) in [5.74, 6) is -0.381. The van der Waals surface area contributed by atoms with Gasteiger partial charge in [-0.05, 0) is 69.1 Å². The third kappa shape index (κ3) is 10.9. The number of aromatic hydroxyl groups is 4. The van der Waals surface area contributed by atoms with E-state index in [9.17, 15) is 20.4 Å². The minimum absolute atomic E-state index is 0.0235. The van der Waals surface area contributed by atoms with Gasteiger partial charge in [-0.1, -0.05) is 118 Å². The van der Waals surface area contributed by atoms with Crippen LogP contribution in [0.3, 0.4) is 0 Å². The molecule has 7 aromatic carbocycles. The molecule has 7 rings (SSSR count). The zero-order valence-electron chi connectivity index (χ0n) is 33.3. The van der Waals surface area contributed by atoms with Gasteiger partial charge in [0.25, 0.3) is 0 Å². The molecule has 0 spiro atoms. The largest absolute Gasteiger partial charge is 0.504 e. The summed E-state index contributed by atoms with van der Waals surface area (Å²) in [4.78, 5) is 20.8. The molecule has 0 aliphatic heterocycles. The van der Waals surface area contributed by atoms with Crippen LogP contribution in [0.15, 0.2) is 154 Å². The minimum atomic E-state index is -0.436. The number of fused-ring (bicyclic) bond motifs is 2. The van der Waals surface area contributed by atoms with Gasteiger partial charge in [0.15, 0.2) is 60.9 Å². The van der Waals surface area contributed by atoms with E-state index in [0.717, 1.165) is 32.7 Å². The molecule has 0 aromatic heterocycles. The van der Waals surface area contributed by atoms with E-state index in [1.165, 1.54) is 37.0 Å². The lowest BCUT2D eigenvalue weighted by Gasteiger charge is -2.11. The molecule has 0 aliphatic carbocycles. The number of benzene rings is 7. The van der Waals surface area contributed by atoms with Gasteiger partial charge in [-0.2, -0.15) is 0 Å². The van der Waals surface area contributed by atoms with Gasteiger partial charge < -0.3 is 49.3 Å². The Morgan fingerprint density at radius 3 is 1.10 bits per heavy atom. The summed E-state index contributed by atoms with van der Waals surface area (Å²) in [7, 11) is 0. The molecule has 0 amide bonds. The van der Waals surface area contributed by atoms with E-state index in [1.807, 2.05) is 84.9 Å². The lowest BCUT2D eigenvalue weighted by atomic mass is 10.1. The summed E-state index contributed by atoms with van der Waals surface area (Å²) >= 11 is 0. The number of nitrogens with zero attached hydrogens (tertiary/aromatic N) is 4. The normalized spacial score (nSPS) is 11.6. The number of ether oxygens (including phenoxy) is 2. The molecule has 0 fully saturated rings. The third-order valence-electron chi connectivity index (χ3n) is 9.40. The molecule has 0 radical (unpaired) electrons. The summed E-state index contributed by atoms with van der Waals surface area (Å²) in [6.07, 6.45) is 5.18. The molecule has 0 heterocycles. The summed E-state index contributed by atoms with van der Waals surface area (Å²) in [5, 5.41) is 62.1. The number of para-hydroxylation sites is 2. The van der Waals surface area contributed by atoms with Gasteiger partial charge >= 0.3 is 0 Å². The molecule has 0 saturated carbocycles. The zero-order chi connectivity index (χ0) is 42.9. The summed E-state index contributed by atoms with van der Waals surface area (Å²) in [6.45, 7) is 0.681. The molecule has 0 atom stereocenters. The van der Waals surface area contributed by atoms with Gasteiger partial charge in [0, 0.05) is 22.3 Å². The van der Waals surface area contributed by atoms with Crippen molar-refractivity contribution in [2.45, 2.75) is 13.2 Å². The van der Waals surface area contributed by atoms with Crippen LogP contribution in [0.5, 0.6) is 34.5 Å². The highest BCUT2D eigenvalue weighted by Crippen LogP contribution is 2.33. The van der Waals surface area contributed by atoms with Gasteiger partial charge in [0.1, 0.15) is 13.2 Å². The highest BCUT2D eigenvalue weighted by molar-refractivity contribution is 5.91. The average Bonchev–Trinajstić information content (AvgIpc) is 3.30. The number of hydrogen-bond donors (Lipinski definition) is 4. The molecule has 7 aromatic rings. The van der Waals surface area contributed by atoms with Crippen molar-refractivity contribution in [3.05, 3.63) is 167 Å². The highest BCUT2D eigenvalue weighted by Gasteiger charge is 2.12. The fourth-order valence-corrected chi connectivity index (χ4v) is 6.22. The van der Waals surface area contributed by atoms with Gasteiger partial charge in [0.2, 0.25) is 0 Å². The standard InChI is InChI=1S/C48H42N4O10/c53-45-35(13-7-19-43(45)57-31-39-15-5-11-33-9-1-3-17-41(33)39)27-49-59-23-25-61-51-29-37-21-22-38(48(56)47(37)55)30-52-62-26-24-60-50-28-36-14-8-20-44(46(36)54)58-32-40-16-6-12-34-10-2-4-18-42(34)40/h1-22,27-30,53-56H,23-26,31-32H2/b49-27+,50-28+,51-29+,52-30+. The van der Waals surface area contributed by atoms with E-state index in [4.69, 9.17) is 28.8 Å². The Labute approximate surface area is 356 Å². The van der Waals surface area contributed by atoms with Crippen molar-refractivity contribution < 1.29 is 49.3 Å². The number of phenols is 4. The van der Waals surface area contributed by atoms with E-state index in [0.29, 0.717) is 22.6 Å². The smallest absolute Gasteiger partial charge is 0.167 e. The maximum Gasteiger partial charge on any atom is 0.167 e. The van der Waals surface area contributed by atoms with E-state index >= 15 is 0 Å². The van der Waals surface area contributed by atoms with Crippen molar-refractivity contribution in [1.82, 2.24) is 0 Å². The highest BCUT2D eigenvalue weighted by atomic mass is 16.7. The second kappa shape index (κ2) is 21.1. The van der Waals surface area contributed by atoms with Crippen LogP contribution in [-0.2, 0) is 32.6 Å². The number of hydrogen-bond acceptors (Lipinski definition) is 14. The Morgan fingerprint density at radius 2 is 0.694 bits per heavy atom. The Morgan fingerprint density at radius 1 is 0.355 bits per heavy atom. The van der Waals surface area contributed by atoms with Crippen LogP contribution in [0.4, 0.5) is 0 Å². The second-order valence-corrected chi connectivity index (χ2v) is 13.5. The maximum absolute atomic E-state index is 10.7. The molecule has 0 aliphatic rings. The average molecular weight is 835 g/mol. The molecule has 14 heteroatoms. The predicted molar refractivity (Wildman–Crippen MR) is 237 cm³/mol. The predicted octanol–water partition coefficient (Wildman–Crippen LogP) is 8.78. The van der Waals surface area contributed by atoms with E-state index in [-0.39, 0.29) is 62.3 Å². The number of phenolic OH excluding ortho intramolecular Hbond substituents is 4. The van der Waals surface area contributed by atoms with Gasteiger partial charge in [-0.25, -0.2) is 0 Å². The van der Waals surface area contributed by atoms with Crippen molar-refractivity contribution in [2.75, 3.05) is 26.4 Å². The first kappa shape index (κ1) is 41.9. The molecule has 0 saturated heterocycles. The van der Waals surface area contributed by atoms with E-state index in [1.54, 1.807) is 36.4 Å². The summed E-state index contributed by atoms with van der Waals surface area (Å²) in [5.41, 5.74) is 3.19. The van der Waals surface area contributed by atoms with Crippen molar-refractivity contribution >= 4 is 46.4 Å². The maximum atomic E-state index is 10.7. The lowest BCUT2D eigenvalue weighted by Crippen LogP contribution is -1.99. The fourth-order valence-electron chi connectivity index (χ4n) is 6.22. The van der Waals surface area contributed by atoms with Crippen LogP contribution in [0.1, 0.15) is 33.4 Å². The van der Waals surface area contributed by atoms with Crippen molar-refractivity contribution in [3.8, 4) is 34.5 Å². The lowest BCUT2D eigenvalue weighted by molar-refractivity contribution is 0.0552. The molecular formula is C48H42N4O10. The van der Waals surface area contributed by atoms with Crippen LogP contribution in [-0.4, -0.2) is 71.7 Å². The molecule has 14 nitrogen and oxygen atoms in total. The topological polar surface area (TPSA) is 186 Å². The third-order valence-corrected chi connectivity index (χ3v) is 9.40. The van der Waals surface area contributed by atoms with Gasteiger partial charge in [-0.3, -0.25) is 0 Å². The summed E-state index contributed by atoms with van der Waals surface area (Å²) in [6, 6.07) is 41.3. The Hall–Kier alpha value is -8.26. The molecule has 314 valence electrons. The van der Waals surface area contributed by atoms with Crippen LogP contribution < -0.4 is 9.47 Å². The van der Waals surface area contributed by atoms with Crippen LogP contribution in [0.25, 0.3) is 21.5 Å². The molecule has 0 bridgehead atoms. The first-order valence-electron chi connectivity index (χ1n) is 19.5. The Balaban J connectivity index is 0.787. The number of oxime groups is 4. The fraction of sp³-hybridized carbons (Fsp3) is 0.125. The monoisotopic (exact) mass is 834 g/mol. The first-order valence-corrected chi connectivity index (χ1v) is 19.5.